The van der Waals surface area contributed by atoms with Crippen LogP contribution in [0.3, 0.4) is 0 Å². The second-order valence-corrected chi connectivity index (χ2v) is 10.9. The van der Waals surface area contributed by atoms with Crippen LogP contribution in [0, 0.1) is 19.8 Å². The second-order valence-electron chi connectivity index (χ2n) is 9.00. The summed E-state index contributed by atoms with van der Waals surface area (Å²) >= 11 is 0. The van der Waals surface area contributed by atoms with Crippen LogP contribution in [0.1, 0.15) is 43.2 Å². The molecule has 0 spiro atoms. The van der Waals surface area contributed by atoms with Crippen LogP contribution in [-0.4, -0.2) is 44.8 Å². The number of piperidine rings is 2. The molecule has 2 aliphatic rings. The van der Waals surface area contributed by atoms with Crippen molar-refractivity contribution in [3.63, 3.8) is 0 Å². The lowest BCUT2D eigenvalue weighted by Gasteiger charge is -2.32. The molecule has 2 aliphatic heterocycles. The van der Waals surface area contributed by atoms with E-state index < -0.39 is 10.0 Å². The molecule has 1 amide bonds. The quantitative estimate of drug-likeness (QED) is 0.728. The minimum absolute atomic E-state index is 0.0157. The highest BCUT2D eigenvalue weighted by atomic mass is 32.2. The van der Waals surface area contributed by atoms with Crippen molar-refractivity contribution in [1.82, 2.24) is 4.31 Å². The van der Waals surface area contributed by atoms with Crippen molar-refractivity contribution in [1.29, 1.82) is 0 Å². The van der Waals surface area contributed by atoms with Gasteiger partial charge in [0.2, 0.25) is 15.9 Å². The topological polar surface area (TPSA) is 69.7 Å². The van der Waals surface area contributed by atoms with Gasteiger partial charge in [0.05, 0.1) is 16.3 Å². The van der Waals surface area contributed by atoms with Crippen LogP contribution in [-0.2, 0) is 14.8 Å². The number of amides is 1. The van der Waals surface area contributed by atoms with Gasteiger partial charge in [-0.05, 0) is 69.7 Å². The SMILES string of the molecule is Cc1ccc(S(=O)(=O)N2CCC(C(=O)Nc3ccccc3N3CCCCC3)CC2)c(C)c1. The highest BCUT2D eigenvalue weighted by Crippen LogP contribution is 2.31. The molecule has 0 unspecified atom stereocenters. The summed E-state index contributed by atoms with van der Waals surface area (Å²) in [5.74, 6) is -0.201. The molecule has 2 fully saturated rings. The summed E-state index contributed by atoms with van der Waals surface area (Å²) < 4.78 is 27.8. The van der Waals surface area contributed by atoms with E-state index in [1.54, 1.807) is 6.07 Å². The van der Waals surface area contributed by atoms with Gasteiger partial charge >= 0.3 is 0 Å². The maximum absolute atomic E-state index is 13.1. The van der Waals surface area contributed by atoms with Gasteiger partial charge in [0.25, 0.3) is 0 Å². The van der Waals surface area contributed by atoms with Crippen LogP contribution in [0.2, 0.25) is 0 Å². The predicted octanol–water partition coefficient (Wildman–Crippen LogP) is 4.33. The van der Waals surface area contributed by atoms with E-state index in [4.69, 9.17) is 0 Å². The van der Waals surface area contributed by atoms with E-state index >= 15 is 0 Å². The summed E-state index contributed by atoms with van der Waals surface area (Å²) in [6, 6.07) is 13.4. The molecule has 2 saturated heterocycles. The number of nitrogens with zero attached hydrogens (tertiary/aromatic N) is 2. The lowest BCUT2D eigenvalue weighted by molar-refractivity contribution is -0.120. The Hall–Kier alpha value is -2.38. The van der Waals surface area contributed by atoms with Crippen LogP contribution in [0.5, 0.6) is 0 Å². The third-order valence-corrected chi connectivity index (χ3v) is 8.69. The van der Waals surface area contributed by atoms with Crippen LogP contribution in [0.4, 0.5) is 11.4 Å². The molecular formula is C25H33N3O3S. The Labute approximate surface area is 191 Å². The fraction of sp³-hybridized carbons (Fsp3) is 0.480. The van der Waals surface area contributed by atoms with Gasteiger partial charge in [0.15, 0.2) is 0 Å². The number of rotatable bonds is 5. The Balaban J connectivity index is 1.40. The molecule has 0 saturated carbocycles. The molecule has 0 aliphatic carbocycles. The molecule has 32 heavy (non-hydrogen) atoms. The molecule has 0 aromatic heterocycles. The number of benzene rings is 2. The van der Waals surface area contributed by atoms with E-state index in [0.717, 1.165) is 35.6 Å². The summed E-state index contributed by atoms with van der Waals surface area (Å²) in [6.07, 6.45) is 4.67. The standard InChI is InChI=1S/C25H33N3O3S/c1-19-10-11-24(20(2)18-19)32(30,31)28-16-12-21(13-17-28)25(29)26-22-8-4-5-9-23(22)27-14-6-3-7-15-27/h4-5,8-11,18,21H,3,6-7,12-17H2,1-2H3,(H,26,29). The van der Waals surface area contributed by atoms with Gasteiger partial charge in [0.1, 0.15) is 0 Å². The van der Waals surface area contributed by atoms with Crippen molar-refractivity contribution in [3.8, 4) is 0 Å². The summed E-state index contributed by atoms with van der Waals surface area (Å²) in [5.41, 5.74) is 3.74. The average Bonchev–Trinajstić information content (AvgIpc) is 2.80. The van der Waals surface area contributed by atoms with E-state index in [2.05, 4.69) is 16.3 Å². The first-order chi connectivity index (χ1) is 15.4. The zero-order valence-electron chi connectivity index (χ0n) is 19.0. The van der Waals surface area contributed by atoms with Crippen molar-refractivity contribution in [3.05, 3.63) is 53.6 Å². The number of anilines is 2. The Morgan fingerprint density at radius 3 is 2.31 bits per heavy atom. The molecule has 2 aromatic carbocycles. The molecule has 0 atom stereocenters. The zero-order chi connectivity index (χ0) is 22.7. The zero-order valence-corrected chi connectivity index (χ0v) is 19.8. The van der Waals surface area contributed by atoms with E-state index in [9.17, 15) is 13.2 Å². The molecule has 6 nitrogen and oxygen atoms in total. The maximum Gasteiger partial charge on any atom is 0.243 e. The fourth-order valence-electron chi connectivity index (χ4n) is 4.81. The highest BCUT2D eigenvalue weighted by molar-refractivity contribution is 7.89. The molecule has 7 heteroatoms. The molecule has 0 bridgehead atoms. The van der Waals surface area contributed by atoms with Crippen molar-refractivity contribution in [2.45, 2.75) is 50.8 Å². The average molecular weight is 456 g/mol. The van der Waals surface area contributed by atoms with Crippen LogP contribution in [0.15, 0.2) is 47.4 Å². The predicted molar refractivity (Wildman–Crippen MR) is 129 cm³/mol. The number of carbonyl (C=O) groups excluding carboxylic acids is 1. The largest absolute Gasteiger partial charge is 0.370 e. The number of hydrogen-bond acceptors (Lipinski definition) is 4. The first kappa shape index (κ1) is 22.8. The molecular weight excluding hydrogens is 422 g/mol. The minimum atomic E-state index is -3.54. The van der Waals surface area contributed by atoms with Crippen molar-refractivity contribution in [2.24, 2.45) is 5.92 Å². The first-order valence-electron chi connectivity index (χ1n) is 11.6. The second kappa shape index (κ2) is 9.63. The molecule has 2 heterocycles. The first-order valence-corrected chi connectivity index (χ1v) is 13.0. The Kier molecular flexibility index (Phi) is 6.86. The summed E-state index contributed by atoms with van der Waals surface area (Å²) in [5, 5.41) is 3.13. The number of nitrogens with one attached hydrogen (secondary N) is 1. The van der Waals surface area contributed by atoms with Gasteiger partial charge in [-0.3, -0.25) is 4.79 Å². The van der Waals surface area contributed by atoms with Gasteiger partial charge < -0.3 is 10.2 Å². The van der Waals surface area contributed by atoms with Gasteiger partial charge in [-0.25, -0.2) is 8.42 Å². The molecule has 172 valence electrons. The van der Waals surface area contributed by atoms with Crippen molar-refractivity contribution >= 4 is 27.3 Å². The third-order valence-electron chi connectivity index (χ3n) is 6.63. The molecule has 4 rings (SSSR count). The van der Waals surface area contributed by atoms with Crippen LogP contribution >= 0.6 is 0 Å². The fourth-order valence-corrected chi connectivity index (χ4v) is 6.49. The van der Waals surface area contributed by atoms with Gasteiger partial charge in [0, 0.05) is 32.1 Å². The van der Waals surface area contributed by atoms with E-state index in [1.807, 2.05) is 44.2 Å². The molecule has 1 N–H and O–H groups in total. The summed E-state index contributed by atoms with van der Waals surface area (Å²) in [4.78, 5) is 15.7. The van der Waals surface area contributed by atoms with E-state index in [1.165, 1.54) is 23.6 Å². The third kappa shape index (κ3) is 4.84. The smallest absolute Gasteiger partial charge is 0.243 e. The van der Waals surface area contributed by atoms with Crippen LogP contribution in [0.25, 0.3) is 0 Å². The Morgan fingerprint density at radius 2 is 1.62 bits per heavy atom. The monoisotopic (exact) mass is 455 g/mol. The lowest BCUT2D eigenvalue weighted by Crippen LogP contribution is -2.41. The highest BCUT2D eigenvalue weighted by Gasteiger charge is 2.33. The number of para-hydroxylation sites is 2. The minimum Gasteiger partial charge on any atom is -0.370 e. The summed E-state index contributed by atoms with van der Waals surface area (Å²) in [6.45, 7) is 6.54. The summed E-state index contributed by atoms with van der Waals surface area (Å²) in [7, 11) is -3.54. The van der Waals surface area contributed by atoms with Crippen molar-refractivity contribution in [2.75, 3.05) is 36.4 Å². The molecule has 2 aromatic rings. The number of aryl methyl sites for hydroxylation is 2. The number of hydrogen-bond donors (Lipinski definition) is 1. The molecule has 0 radical (unpaired) electrons. The number of carbonyl (C=O) groups is 1. The lowest BCUT2D eigenvalue weighted by atomic mass is 9.97. The van der Waals surface area contributed by atoms with E-state index in [0.29, 0.717) is 30.8 Å². The van der Waals surface area contributed by atoms with Gasteiger partial charge in [-0.2, -0.15) is 4.31 Å². The van der Waals surface area contributed by atoms with Crippen molar-refractivity contribution < 1.29 is 13.2 Å². The van der Waals surface area contributed by atoms with E-state index in [-0.39, 0.29) is 11.8 Å². The maximum atomic E-state index is 13.1. The Morgan fingerprint density at radius 1 is 0.938 bits per heavy atom. The number of sulfonamides is 1. The van der Waals surface area contributed by atoms with Gasteiger partial charge in [-0.1, -0.05) is 29.8 Å². The Bertz CT molecular complexity index is 1070. The van der Waals surface area contributed by atoms with Gasteiger partial charge in [-0.15, -0.1) is 0 Å². The normalized spacial score (nSPS) is 18.5. The van der Waals surface area contributed by atoms with Crippen LogP contribution < -0.4 is 10.2 Å².